The molecule has 1 fully saturated rings. The van der Waals surface area contributed by atoms with E-state index in [1.165, 1.54) is 48.8 Å². The van der Waals surface area contributed by atoms with E-state index >= 15 is 0 Å². The molecule has 116 valence electrons. The van der Waals surface area contributed by atoms with E-state index in [2.05, 4.69) is 46.1 Å². The van der Waals surface area contributed by atoms with Crippen molar-refractivity contribution in [1.82, 2.24) is 14.9 Å². The molecular weight excluding hydrogens is 270 g/mol. The van der Waals surface area contributed by atoms with Gasteiger partial charge in [0.15, 0.2) is 0 Å². The Bertz CT molecular complexity index is 576. The van der Waals surface area contributed by atoms with E-state index in [4.69, 9.17) is 0 Å². The van der Waals surface area contributed by atoms with E-state index in [0.717, 1.165) is 13.1 Å². The average molecular weight is 295 g/mol. The Balaban J connectivity index is 1.75. The van der Waals surface area contributed by atoms with E-state index in [1.807, 2.05) is 12.4 Å². The van der Waals surface area contributed by atoms with Crippen LogP contribution in [0.25, 0.3) is 0 Å². The molecule has 0 amide bonds. The first-order chi connectivity index (χ1) is 10.8. The Morgan fingerprint density at radius 2 is 1.73 bits per heavy atom. The summed E-state index contributed by atoms with van der Waals surface area (Å²) in [6.45, 7) is 4.13. The average Bonchev–Trinajstić information content (AvgIpc) is 2.56. The highest BCUT2D eigenvalue weighted by atomic mass is 15.2. The number of rotatable bonds is 5. The second-order valence-electron chi connectivity index (χ2n) is 6.43. The monoisotopic (exact) mass is 295 g/mol. The lowest BCUT2D eigenvalue weighted by molar-refractivity contribution is 0.139. The Morgan fingerprint density at radius 1 is 1.00 bits per heavy atom. The maximum atomic E-state index is 4.17. The SMILES string of the molecule is Cc1cccc(CN(Cc2cncnc2)C2CCCCC2)c1. The van der Waals surface area contributed by atoms with Crippen molar-refractivity contribution in [2.75, 3.05) is 0 Å². The van der Waals surface area contributed by atoms with Crippen molar-refractivity contribution in [2.45, 2.75) is 58.2 Å². The first-order valence-corrected chi connectivity index (χ1v) is 8.35. The van der Waals surface area contributed by atoms with Gasteiger partial charge in [-0.1, -0.05) is 49.1 Å². The quantitative estimate of drug-likeness (QED) is 0.831. The third-order valence-electron chi connectivity index (χ3n) is 4.56. The number of hydrogen-bond acceptors (Lipinski definition) is 3. The molecule has 3 heteroatoms. The molecular formula is C19H25N3. The van der Waals surface area contributed by atoms with Gasteiger partial charge in [-0.15, -0.1) is 0 Å². The molecule has 1 aromatic carbocycles. The lowest BCUT2D eigenvalue weighted by Gasteiger charge is -2.34. The van der Waals surface area contributed by atoms with Gasteiger partial charge in [-0.2, -0.15) is 0 Å². The fourth-order valence-corrected chi connectivity index (χ4v) is 3.45. The van der Waals surface area contributed by atoms with Gasteiger partial charge in [0.2, 0.25) is 0 Å². The number of aromatic nitrogens is 2. The fourth-order valence-electron chi connectivity index (χ4n) is 3.45. The van der Waals surface area contributed by atoms with Gasteiger partial charge in [-0.05, 0) is 25.3 Å². The van der Waals surface area contributed by atoms with Crippen molar-refractivity contribution in [3.63, 3.8) is 0 Å². The zero-order valence-electron chi connectivity index (χ0n) is 13.4. The van der Waals surface area contributed by atoms with E-state index in [-0.39, 0.29) is 0 Å². The molecule has 0 aliphatic heterocycles. The molecule has 1 aliphatic rings. The topological polar surface area (TPSA) is 29.0 Å². The number of hydrogen-bond donors (Lipinski definition) is 0. The van der Waals surface area contributed by atoms with Crippen LogP contribution in [0.3, 0.4) is 0 Å². The third kappa shape index (κ3) is 4.14. The molecule has 1 aliphatic carbocycles. The fraction of sp³-hybridized carbons (Fsp3) is 0.474. The highest BCUT2D eigenvalue weighted by molar-refractivity contribution is 5.22. The third-order valence-corrected chi connectivity index (χ3v) is 4.56. The minimum atomic E-state index is 0.689. The zero-order chi connectivity index (χ0) is 15.2. The Kier molecular flexibility index (Phi) is 5.17. The van der Waals surface area contributed by atoms with E-state index in [1.54, 1.807) is 6.33 Å². The van der Waals surface area contributed by atoms with Crippen molar-refractivity contribution in [2.24, 2.45) is 0 Å². The number of benzene rings is 1. The molecule has 0 N–H and O–H groups in total. The van der Waals surface area contributed by atoms with Gasteiger partial charge in [0, 0.05) is 37.1 Å². The molecule has 1 aromatic heterocycles. The van der Waals surface area contributed by atoms with Crippen LogP contribution in [-0.2, 0) is 13.1 Å². The van der Waals surface area contributed by atoms with Crippen LogP contribution in [0, 0.1) is 6.92 Å². The zero-order valence-corrected chi connectivity index (χ0v) is 13.4. The summed E-state index contributed by atoms with van der Waals surface area (Å²) in [4.78, 5) is 11.0. The molecule has 0 bridgehead atoms. The Hall–Kier alpha value is -1.74. The Morgan fingerprint density at radius 3 is 2.45 bits per heavy atom. The van der Waals surface area contributed by atoms with Crippen LogP contribution >= 0.6 is 0 Å². The molecule has 2 aromatic rings. The van der Waals surface area contributed by atoms with Crippen molar-refractivity contribution >= 4 is 0 Å². The van der Waals surface area contributed by atoms with Crippen LogP contribution in [0.1, 0.15) is 48.8 Å². The van der Waals surface area contributed by atoms with Gasteiger partial charge in [0.05, 0.1) is 0 Å². The van der Waals surface area contributed by atoms with Gasteiger partial charge >= 0.3 is 0 Å². The molecule has 0 radical (unpaired) electrons. The van der Waals surface area contributed by atoms with Crippen molar-refractivity contribution in [3.8, 4) is 0 Å². The van der Waals surface area contributed by atoms with Crippen LogP contribution in [0.4, 0.5) is 0 Å². The van der Waals surface area contributed by atoms with Crippen LogP contribution in [0.2, 0.25) is 0 Å². The van der Waals surface area contributed by atoms with Crippen LogP contribution < -0.4 is 0 Å². The van der Waals surface area contributed by atoms with Crippen LogP contribution in [-0.4, -0.2) is 20.9 Å². The highest BCUT2D eigenvalue weighted by Gasteiger charge is 2.21. The van der Waals surface area contributed by atoms with Gasteiger partial charge in [0.25, 0.3) is 0 Å². The largest absolute Gasteiger partial charge is 0.292 e. The maximum Gasteiger partial charge on any atom is 0.115 e. The van der Waals surface area contributed by atoms with Gasteiger partial charge in [-0.25, -0.2) is 9.97 Å². The normalized spacial score (nSPS) is 16.1. The van der Waals surface area contributed by atoms with Gasteiger partial charge in [0.1, 0.15) is 6.33 Å². The minimum absolute atomic E-state index is 0.689. The van der Waals surface area contributed by atoms with Gasteiger partial charge in [-0.3, -0.25) is 4.90 Å². The van der Waals surface area contributed by atoms with E-state index in [9.17, 15) is 0 Å². The maximum absolute atomic E-state index is 4.17. The van der Waals surface area contributed by atoms with Crippen LogP contribution in [0.5, 0.6) is 0 Å². The summed E-state index contributed by atoms with van der Waals surface area (Å²) in [5.41, 5.74) is 3.95. The minimum Gasteiger partial charge on any atom is -0.292 e. The predicted octanol–water partition coefficient (Wildman–Crippen LogP) is 4.12. The molecule has 0 spiro atoms. The summed E-state index contributed by atoms with van der Waals surface area (Å²) in [6, 6.07) is 9.56. The summed E-state index contributed by atoms with van der Waals surface area (Å²) in [6.07, 6.45) is 12.2. The lowest BCUT2D eigenvalue weighted by Crippen LogP contribution is -2.35. The molecule has 0 saturated heterocycles. The predicted molar refractivity (Wildman–Crippen MR) is 89.3 cm³/mol. The number of nitrogens with zero attached hydrogens (tertiary/aromatic N) is 3. The first kappa shape index (κ1) is 15.2. The van der Waals surface area contributed by atoms with Crippen LogP contribution in [0.15, 0.2) is 43.0 Å². The smallest absolute Gasteiger partial charge is 0.115 e. The number of aryl methyl sites for hydroxylation is 1. The first-order valence-electron chi connectivity index (χ1n) is 8.35. The molecule has 0 atom stereocenters. The molecule has 3 nitrogen and oxygen atoms in total. The van der Waals surface area contributed by atoms with Crippen molar-refractivity contribution in [3.05, 3.63) is 59.7 Å². The summed E-state index contributed by atoms with van der Waals surface area (Å²) < 4.78 is 0. The summed E-state index contributed by atoms with van der Waals surface area (Å²) in [5, 5.41) is 0. The van der Waals surface area contributed by atoms with E-state index in [0.29, 0.717) is 6.04 Å². The molecule has 1 saturated carbocycles. The van der Waals surface area contributed by atoms with E-state index < -0.39 is 0 Å². The molecule has 22 heavy (non-hydrogen) atoms. The molecule has 0 unspecified atom stereocenters. The highest BCUT2D eigenvalue weighted by Crippen LogP contribution is 2.25. The molecule has 1 heterocycles. The summed E-state index contributed by atoms with van der Waals surface area (Å²) in [7, 11) is 0. The lowest BCUT2D eigenvalue weighted by atomic mass is 9.93. The Labute approximate surface area is 133 Å². The van der Waals surface area contributed by atoms with Crippen molar-refractivity contribution in [1.29, 1.82) is 0 Å². The summed E-state index contributed by atoms with van der Waals surface area (Å²) in [5.74, 6) is 0. The van der Waals surface area contributed by atoms with Crippen molar-refractivity contribution < 1.29 is 0 Å². The second-order valence-corrected chi connectivity index (χ2v) is 6.43. The van der Waals surface area contributed by atoms with Gasteiger partial charge < -0.3 is 0 Å². The second kappa shape index (κ2) is 7.50. The standard InChI is InChI=1S/C19H25N3/c1-16-6-5-7-17(10-16)13-22(19-8-3-2-4-9-19)14-18-11-20-15-21-12-18/h5-7,10-12,15,19H,2-4,8-9,13-14H2,1H3. The molecule has 3 rings (SSSR count). The summed E-state index contributed by atoms with van der Waals surface area (Å²) >= 11 is 0.